The van der Waals surface area contributed by atoms with Gasteiger partial charge in [-0.3, -0.25) is 10.3 Å². The molecule has 41 heavy (non-hydrogen) atoms. The van der Waals surface area contributed by atoms with Crippen molar-refractivity contribution in [1.82, 2.24) is 14.9 Å². The summed E-state index contributed by atoms with van der Waals surface area (Å²) >= 11 is 6.19. The summed E-state index contributed by atoms with van der Waals surface area (Å²) in [4.78, 5) is 30.9. The number of halogens is 1. The van der Waals surface area contributed by atoms with E-state index in [0.717, 1.165) is 30.1 Å². The van der Waals surface area contributed by atoms with Crippen LogP contribution in [0.5, 0.6) is 0 Å². The van der Waals surface area contributed by atoms with E-state index < -0.39 is 8.07 Å². The van der Waals surface area contributed by atoms with E-state index in [9.17, 15) is 4.79 Å². The van der Waals surface area contributed by atoms with Crippen LogP contribution in [0.15, 0.2) is 60.8 Å². The summed E-state index contributed by atoms with van der Waals surface area (Å²) < 4.78 is 5.54. The lowest BCUT2D eigenvalue weighted by Crippen LogP contribution is -2.41. The van der Waals surface area contributed by atoms with Crippen molar-refractivity contribution in [3.63, 3.8) is 0 Å². The van der Waals surface area contributed by atoms with Crippen molar-refractivity contribution in [2.75, 3.05) is 36.6 Å². The molecule has 11 heteroatoms. The van der Waals surface area contributed by atoms with E-state index in [4.69, 9.17) is 26.6 Å². The van der Waals surface area contributed by atoms with Crippen molar-refractivity contribution in [1.29, 1.82) is 5.41 Å². The molecular weight excluding hydrogens is 556 g/mol. The molecule has 4 rings (SSSR count). The van der Waals surface area contributed by atoms with Crippen LogP contribution in [0.4, 0.5) is 22.0 Å². The number of benzene rings is 2. The third-order valence-electron chi connectivity index (χ3n) is 7.06. The standard InChI is InChI=1S/C30H39ClN6O3Si/c1-41(2,3)19-18-40-35-26-10-7-11-27(25(26)20-32)37(28-12-15-33-29(31)34-28)21-23-13-16-36(17-14-23)30(38)39-22-24-8-5-4-6-9-24/h4-12,15,20,23,32,35H,13-14,16-19,21-22H2,1-3H3. The van der Waals surface area contributed by atoms with Gasteiger partial charge in [0.2, 0.25) is 5.28 Å². The first kappa shape index (κ1) is 30.5. The molecule has 0 atom stereocenters. The summed E-state index contributed by atoms with van der Waals surface area (Å²) in [6.07, 6.45) is 4.31. The van der Waals surface area contributed by atoms with Gasteiger partial charge in [0.25, 0.3) is 0 Å². The zero-order valence-corrected chi connectivity index (χ0v) is 25.7. The van der Waals surface area contributed by atoms with E-state index in [2.05, 4.69) is 40.0 Å². The fourth-order valence-electron chi connectivity index (χ4n) is 4.67. The van der Waals surface area contributed by atoms with Crippen LogP contribution in [0.25, 0.3) is 0 Å². The Hall–Kier alpha value is -3.47. The molecule has 0 spiro atoms. The second kappa shape index (κ2) is 14.4. The van der Waals surface area contributed by atoms with Gasteiger partial charge in [-0.15, -0.1) is 0 Å². The molecule has 2 N–H and O–H groups in total. The first-order valence-electron chi connectivity index (χ1n) is 14.0. The van der Waals surface area contributed by atoms with Crippen LogP contribution in [0.2, 0.25) is 31.0 Å². The van der Waals surface area contributed by atoms with Gasteiger partial charge in [0.05, 0.1) is 18.0 Å². The van der Waals surface area contributed by atoms with Crippen LogP contribution >= 0.6 is 11.6 Å². The molecule has 0 saturated carbocycles. The average Bonchev–Trinajstić information content (AvgIpc) is 2.97. The maximum Gasteiger partial charge on any atom is 0.410 e. The van der Waals surface area contributed by atoms with E-state index in [0.29, 0.717) is 43.3 Å². The monoisotopic (exact) mass is 594 g/mol. The quantitative estimate of drug-likeness (QED) is 0.0765. The number of nitrogens with one attached hydrogen (secondary N) is 2. The molecule has 0 bridgehead atoms. The molecule has 3 aromatic rings. The molecule has 1 aliphatic rings. The molecule has 2 heterocycles. The van der Waals surface area contributed by atoms with E-state index in [1.54, 1.807) is 11.1 Å². The van der Waals surface area contributed by atoms with Crippen LogP contribution in [0, 0.1) is 11.3 Å². The number of carbonyl (C=O) groups excluding carboxylic acids is 1. The summed E-state index contributed by atoms with van der Waals surface area (Å²) in [5.41, 5.74) is 6.26. The van der Waals surface area contributed by atoms with E-state index in [1.807, 2.05) is 54.6 Å². The number of carbonyl (C=O) groups is 1. The predicted octanol–water partition coefficient (Wildman–Crippen LogP) is 7.00. The molecule has 1 saturated heterocycles. The van der Waals surface area contributed by atoms with Gasteiger partial charge in [0.15, 0.2) is 0 Å². The molecular formula is C30H39ClN6O3Si. The third kappa shape index (κ3) is 9.01. The van der Waals surface area contributed by atoms with Crippen LogP contribution < -0.4 is 10.4 Å². The average molecular weight is 595 g/mol. The highest BCUT2D eigenvalue weighted by atomic mass is 35.5. The summed E-state index contributed by atoms with van der Waals surface area (Å²) in [6.45, 7) is 9.66. The van der Waals surface area contributed by atoms with Crippen molar-refractivity contribution in [3.05, 3.63) is 77.2 Å². The topological polar surface area (TPSA) is 104 Å². The van der Waals surface area contributed by atoms with E-state index in [1.165, 1.54) is 6.21 Å². The van der Waals surface area contributed by atoms with Crippen LogP contribution in [-0.4, -0.2) is 61.5 Å². The van der Waals surface area contributed by atoms with Crippen molar-refractivity contribution in [2.24, 2.45) is 5.92 Å². The molecule has 1 amide bonds. The van der Waals surface area contributed by atoms with E-state index >= 15 is 0 Å². The molecule has 1 aliphatic heterocycles. The highest BCUT2D eigenvalue weighted by Gasteiger charge is 2.27. The van der Waals surface area contributed by atoms with Crippen LogP contribution in [-0.2, 0) is 16.2 Å². The number of hydrogen-bond donors (Lipinski definition) is 2. The molecule has 1 aromatic heterocycles. The number of hydrogen-bond acceptors (Lipinski definition) is 8. The van der Waals surface area contributed by atoms with Gasteiger partial charge < -0.3 is 19.9 Å². The minimum atomic E-state index is -1.23. The molecule has 0 unspecified atom stereocenters. The molecule has 2 aromatic carbocycles. The van der Waals surface area contributed by atoms with Gasteiger partial charge in [0, 0.05) is 45.7 Å². The molecule has 9 nitrogen and oxygen atoms in total. The number of aromatic nitrogens is 2. The smallest absolute Gasteiger partial charge is 0.410 e. The van der Waals surface area contributed by atoms with Crippen molar-refractivity contribution in [3.8, 4) is 0 Å². The van der Waals surface area contributed by atoms with Gasteiger partial charge in [-0.1, -0.05) is 56.0 Å². The highest BCUT2D eigenvalue weighted by Crippen LogP contribution is 2.34. The zero-order chi connectivity index (χ0) is 29.2. The Bertz CT molecular complexity index is 1300. The van der Waals surface area contributed by atoms with Gasteiger partial charge in [-0.2, -0.15) is 0 Å². The Balaban J connectivity index is 1.45. The fraction of sp³-hybridized carbons (Fsp3) is 0.400. The SMILES string of the molecule is C[Si](C)(C)CCONc1cccc(N(CC2CCN(C(=O)OCc3ccccc3)CC2)c2ccnc(Cl)n2)c1C=N. The molecule has 0 aliphatic carbocycles. The first-order valence-corrected chi connectivity index (χ1v) is 18.0. The number of likely N-dealkylation sites (tertiary alicyclic amines) is 1. The Labute approximate surface area is 248 Å². The van der Waals surface area contributed by atoms with Crippen molar-refractivity contribution >= 4 is 49.2 Å². The largest absolute Gasteiger partial charge is 0.445 e. The zero-order valence-electron chi connectivity index (χ0n) is 24.0. The minimum absolute atomic E-state index is 0.156. The maximum absolute atomic E-state index is 12.7. The number of nitrogens with zero attached hydrogens (tertiary/aromatic N) is 4. The molecule has 0 radical (unpaired) electrons. The number of amides is 1. The second-order valence-electron chi connectivity index (χ2n) is 11.4. The third-order valence-corrected chi connectivity index (χ3v) is 8.95. The lowest BCUT2D eigenvalue weighted by atomic mass is 9.95. The number of anilines is 3. The lowest BCUT2D eigenvalue weighted by Gasteiger charge is -2.35. The summed E-state index contributed by atoms with van der Waals surface area (Å²) in [6, 6.07) is 18.4. The predicted molar refractivity (Wildman–Crippen MR) is 167 cm³/mol. The maximum atomic E-state index is 12.7. The van der Waals surface area contributed by atoms with Gasteiger partial charge in [-0.25, -0.2) is 14.8 Å². The first-order chi connectivity index (χ1) is 19.7. The van der Waals surface area contributed by atoms with Crippen molar-refractivity contribution < 1.29 is 14.4 Å². The summed E-state index contributed by atoms with van der Waals surface area (Å²) in [5, 5.41) is 8.40. The Morgan fingerprint density at radius 2 is 1.90 bits per heavy atom. The normalized spacial score (nSPS) is 14.0. The van der Waals surface area contributed by atoms with Crippen molar-refractivity contribution in [2.45, 2.75) is 45.1 Å². The van der Waals surface area contributed by atoms with Gasteiger partial charge >= 0.3 is 6.09 Å². The second-order valence-corrected chi connectivity index (χ2v) is 17.4. The van der Waals surface area contributed by atoms with Gasteiger partial charge in [-0.05, 0) is 60.2 Å². The van der Waals surface area contributed by atoms with E-state index in [-0.39, 0.29) is 23.9 Å². The number of rotatable bonds is 12. The van der Waals surface area contributed by atoms with Crippen LogP contribution in [0.1, 0.15) is 24.0 Å². The Morgan fingerprint density at radius 1 is 1.15 bits per heavy atom. The summed E-state index contributed by atoms with van der Waals surface area (Å²) in [5.74, 6) is 0.930. The summed E-state index contributed by atoms with van der Waals surface area (Å²) in [7, 11) is -1.23. The Kier molecular flexibility index (Phi) is 10.7. The van der Waals surface area contributed by atoms with Crippen LogP contribution in [0.3, 0.4) is 0 Å². The Morgan fingerprint density at radius 3 is 2.59 bits per heavy atom. The minimum Gasteiger partial charge on any atom is -0.445 e. The molecule has 218 valence electrons. The van der Waals surface area contributed by atoms with Gasteiger partial charge in [0.1, 0.15) is 12.4 Å². The number of piperidine rings is 1. The lowest BCUT2D eigenvalue weighted by molar-refractivity contribution is 0.0829. The highest BCUT2D eigenvalue weighted by molar-refractivity contribution is 6.76. The molecule has 1 fully saturated rings. The number of ether oxygens (including phenoxy) is 1. The fourth-order valence-corrected chi connectivity index (χ4v) is 5.53.